The monoisotopic (exact) mass is 236 g/mol. The highest BCUT2D eigenvalue weighted by molar-refractivity contribution is 7.98. The van der Waals surface area contributed by atoms with Crippen molar-refractivity contribution >= 4 is 22.7 Å². The number of fused-ring (bicyclic) bond motifs is 1. The van der Waals surface area contributed by atoms with E-state index in [-0.39, 0.29) is 11.2 Å². The highest BCUT2D eigenvalue weighted by Gasteiger charge is 2.05. The van der Waals surface area contributed by atoms with Crippen LogP contribution in [-0.2, 0) is 6.54 Å². The molecule has 0 saturated heterocycles. The zero-order chi connectivity index (χ0) is 11.5. The number of para-hydroxylation sites is 1. The van der Waals surface area contributed by atoms with Crippen LogP contribution in [0.5, 0.6) is 0 Å². The Hall–Kier alpha value is -1.49. The van der Waals surface area contributed by atoms with Gasteiger partial charge in [0.1, 0.15) is 0 Å². The highest BCUT2D eigenvalue weighted by Crippen LogP contribution is 2.03. The third-order valence-electron chi connectivity index (χ3n) is 2.41. The summed E-state index contributed by atoms with van der Waals surface area (Å²) >= 11 is 1.61. The maximum Gasteiger partial charge on any atom is 0.328 e. The normalized spacial score (nSPS) is 10.8. The number of aromatic nitrogens is 2. The molecule has 0 atom stereocenters. The number of hydrogen-bond acceptors (Lipinski definition) is 3. The number of benzene rings is 1. The third-order valence-corrected chi connectivity index (χ3v) is 3.00. The molecule has 0 bridgehead atoms. The van der Waals surface area contributed by atoms with E-state index in [2.05, 4.69) is 4.98 Å². The number of rotatable bonds is 3. The lowest BCUT2D eigenvalue weighted by Gasteiger charge is -2.04. The molecule has 1 N–H and O–H groups in total. The summed E-state index contributed by atoms with van der Waals surface area (Å²) in [6, 6.07) is 7.05. The van der Waals surface area contributed by atoms with Crippen LogP contribution in [0.3, 0.4) is 0 Å². The minimum absolute atomic E-state index is 0.214. The molecule has 2 aromatic rings. The quantitative estimate of drug-likeness (QED) is 0.866. The lowest BCUT2D eigenvalue weighted by atomic mass is 10.2. The van der Waals surface area contributed by atoms with E-state index >= 15 is 0 Å². The summed E-state index contributed by atoms with van der Waals surface area (Å²) in [7, 11) is 0. The van der Waals surface area contributed by atoms with Gasteiger partial charge in [0.25, 0.3) is 5.56 Å². The molecule has 0 aliphatic heterocycles. The first-order chi connectivity index (χ1) is 7.74. The molecule has 1 heterocycles. The summed E-state index contributed by atoms with van der Waals surface area (Å²) < 4.78 is 1.25. The smallest absolute Gasteiger partial charge is 0.307 e. The van der Waals surface area contributed by atoms with Crippen molar-refractivity contribution in [3.63, 3.8) is 0 Å². The van der Waals surface area contributed by atoms with Crippen LogP contribution in [0, 0.1) is 0 Å². The predicted molar refractivity (Wildman–Crippen MR) is 67.2 cm³/mol. The van der Waals surface area contributed by atoms with Crippen LogP contribution in [-0.4, -0.2) is 21.6 Å². The molecule has 0 amide bonds. The molecule has 1 aromatic carbocycles. The zero-order valence-corrected chi connectivity index (χ0v) is 9.71. The molecule has 0 fully saturated rings. The summed E-state index contributed by atoms with van der Waals surface area (Å²) in [5.41, 5.74) is 0.0454. The van der Waals surface area contributed by atoms with Gasteiger partial charge >= 0.3 is 5.69 Å². The van der Waals surface area contributed by atoms with Gasteiger partial charge in [0.15, 0.2) is 0 Å². The Morgan fingerprint density at radius 1 is 1.31 bits per heavy atom. The van der Waals surface area contributed by atoms with Gasteiger partial charge < -0.3 is 4.98 Å². The van der Waals surface area contributed by atoms with Crippen molar-refractivity contribution in [3.8, 4) is 0 Å². The van der Waals surface area contributed by atoms with Gasteiger partial charge in [-0.05, 0) is 18.4 Å². The predicted octanol–water partition coefficient (Wildman–Crippen LogP) is 1.05. The molecule has 2 rings (SSSR count). The van der Waals surface area contributed by atoms with Crippen LogP contribution >= 0.6 is 11.8 Å². The van der Waals surface area contributed by atoms with Gasteiger partial charge in [0.05, 0.1) is 10.9 Å². The molecule has 0 aliphatic rings. The Labute approximate surface area is 96.3 Å². The molecule has 0 radical (unpaired) electrons. The average molecular weight is 236 g/mol. The maximum absolute atomic E-state index is 12.0. The maximum atomic E-state index is 12.0. The van der Waals surface area contributed by atoms with E-state index in [1.807, 2.05) is 6.26 Å². The van der Waals surface area contributed by atoms with Crippen molar-refractivity contribution in [1.82, 2.24) is 9.55 Å². The molecule has 0 spiro atoms. The first-order valence-electron chi connectivity index (χ1n) is 4.95. The van der Waals surface area contributed by atoms with Crippen molar-refractivity contribution in [3.05, 3.63) is 45.1 Å². The largest absolute Gasteiger partial charge is 0.328 e. The molecule has 5 heteroatoms. The van der Waals surface area contributed by atoms with Gasteiger partial charge in [-0.3, -0.25) is 9.36 Å². The van der Waals surface area contributed by atoms with Gasteiger partial charge in [-0.2, -0.15) is 11.8 Å². The fourth-order valence-electron chi connectivity index (χ4n) is 1.58. The van der Waals surface area contributed by atoms with Gasteiger partial charge in [-0.25, -0.2) is 4.79 Å². The Balaban J connectivity index is 2.66. The first kappa shape index (κ1) is 11.0. The Morgan fingerprint density at radius 2 is 2.06 bits per heavy atom. The average Bonchev–Trinajstić information content (AvgIpc) is 2.29. The summed E-state index contributed by atoms with van der Waals surface area (Å²) in [4.78, 5) is 26.4. The molecule has 16 heavy (non-hydrogen) atoms. The number of H-pyrrole nitrogens is 1. The Morgan fingerprint density at radius 3 is 2.81 bits per heavy atom. The van der Waals surface area contributed by atoms with Crippen molar-refractivity contribution in [2.45, 2.75) is 6.54 Å². The zero-order valence-electron chi connectivity index (χ0n) is 8.90. The van der Waals surface area contributed by atoms with Crippen molar-refractivity contribution < 1.29 is 0 Å². The second-order valence-corrected chi connectivity index (χ2v) is 4.41. The van der Waals surface area contributed by atoms with Gasteiger partial charge in [-0.15, -0.1) is 0 Å². The second-order valence-electron chi connectivity index (χ2n) is 3.43. The number of thioether (sulfide) groups is 1. The van der Waals surface area contributed by atoms with Crippen LogP contribution < -0.4 is 11.2 Å². The van der Waals surface area contributed by atoms with Crippen LogP contribution in [0.15, 0.2) is 33.9 Å². The minimum Gasteiger partial charge on any atom is -0.307 e. The van der Waals surface area contributed by atoms with Crippen molar-refractivity contribution in [2.75, 3.05) is 12.0 Å². The molecule has 1 aromatic heterocycles. The lowest BCUT2D eigenvalue weighted by molar-refractivity contribution is 0.691. The lowest BCUT2D eigenvalue weighted by Crippen LogP contribution is -2.35. The molecule has 0 saturated carbocycles. The van der Waals surface area contributed by atoms with E-state index in [0.717, 1.165) is 5.75 Å². The Kier molecular flexibility index (Phi) is 3.14. The van der Waals surface area contributed by atoms with Gasteiger partial charge in [0.2, 0.25) is 0 Å². The minimum atomic E-state index is -0.335. The molecular formula is C11H12N2O2S. The summed E-state index contributed by atoms with van der Waals surface area (Å²) in [6.45, 7) is 0.445. The standard InChI is InChI=1S/C11H12N2O2S/c1-16-7-6-13-10(14)8-4-2-3-5-9(8)12-11(13)15/h2-5H,6-7H2,1H3,(H,12,15). The number of nitrogens with zero attached hydrogens (tertiary/aromatic N) is 1. The SMILES string of the molecule is CSCCn1c(=O)[nH]c2ccccc2c1=O. The van der Waals surface area contributed by atoms with Crippen molar-refractivity contribution in [2.24, 2.45) is 0 Å². The van der Waals surface area contributed by atoms with E-state index in [0.29, 0.717) is 17.4 Å². The molecular weight excluding hydrogens is 224 g/mol. The summed E-state index contributed by atoms with van der Waals surface area (Å²) in [5.74, 6) is 0.751. The number of aromatic amines is 1. The van der Waals surface area contributed by atoms with E-state index < -0.39 is 0 Å². The molecule has 0 unspecified atom stereocenters. The number of nitrogens with one attached hydrogen (secondary N) is 1. The van der Waals surface area contributed by atoms with Crippen LogP contribution in [0.1, 0.15) is 0 Å². The van der Waals surface area contributed by atoms with E-state index in [1.165, 1.54) is 4.57 Å². The molecule has 0 aliphatic carbocycles. The van der Waals surface area contributed by atoms with Crippen LogP contribution in [0.4, 0.5) is 0 Å². The second kappa shape index (κ2) is 4.57. The third kappa shape index (κ3) is 1.90. The topological polar surface area (TPSA) is 54.9 Å². The van der Waals surface area contributed by atoms with E-state index in [1.54, 1.807) is 36.0 Å². The fourth-order valence-corrected chi connectivity index (χ4v) is 1.95. The summed E-state index contributed by atoms with van der Waals surface area (Å²) in [5, 5.41) is 0.559. The number of hydrogen-bond donors (Lipinski definition) is 1. The van der Waals surface area contributed by atoms with Crippen molar-refractivity contribution in [1.29, 1.82) is 0 Å². The van der Waals surface area contributed by atoms with Gasteiger partial charge in [0, 0.05) is 12.3 Å². The van der Waals surface area contributed by atoms with E-state index in [9.17, 15) is 9.59 Å². The molecule has 4 nitrogen and oxygen atoms in total. The summed E-state index contributed by atoms with van der Waals surface area (Å²) in [6.07, 6.45) is 1.94. The fraction of sp³-hybridized carbons (Fsp3) is 0.273. The molecule has 84 valence electrons. The Bertz CT molecular complexity index is 615. The van der Waals surface area contributed by atoms with Crippen LogP contribution in [0.2, 0.25) is 0 Å². The first-order valence-corrected chi connectivity index (χ1v) is 6.34. The van der Waals surface area contributed by atoms with Gasteiger partial charge in [-0.1, -0.05) is 12.1 Å². The highest BCUT2D eigenvalue weighted by atomic mass is 32.2. The van der Waals surface area contributed by atoms with E-state index in [4.69, 9.17) is 0 Å². The van der Waals surface area contributed by atoms with Crippen LogP contribution in [0.25, 0.3) is 10.9 Å².